The van der Waals surface area contributed by atoms with Crippen LogP contribution < -0.4 is 4.90 Å². The molecule has 1 aromatic heterocycles. The fraction of sp³-hybridized carbons (Fsp3) is 0.214. The molecule has 0 aliphatic heterocycles. The van der Waals surface area contributed by atoms with Gasteiger partial charge in [0.15, 0.2) is 0 Å². The van der Waals surface area contributed by atoms with Crippen molar-refractivity contribution >= 4 is 17.4 Å². The molecule has 0 unspecified atom stereocenters. The molecule has 0 radical (unpaired) electrons. The van der Waals surface area contributed by atoms with Crippen LogP contribution >= 0.6 is 11.6 Å². The molecule has 0 saturated heterocycles. The Balaban J connectivity index is 2.53. The van der Waals surface area contributed by atoms with Crippen molar-refractivity contribution in [1.29, 1.82) is 0 Å². The van der Waals surface area contributed by atoms with Gasteiger partial charge in [0.2, 0.25) is 0 Å². The van der Waals surface area contributed by atoms with E-state index >= 15 is 0 Å². The number of aryl methyl sites for hydroxylation is 1. The van der Waals surface area contributed by atoms with E-state index in [-0.39, 0.29) is 5.82 Å². The van der Waals surface area contributed by atoms with Gasteiger partial charge in [0, 0.05) is 14.1 Å². The van der Waals surface area contributed by atoms with Crippen molar-refractivity contribution in [2.24, 2.45) is 0 Å². The second-order valence-corrected chi connectivity index (χ2v) is 4.78. The van der Waals surface area contributed by atoms with Crippen molar-refractivity contribution in [3.05, 3.63) is 46.9 Å². The fourth-order valence-electron chi connectivity index (χ4n) is 1.70. The monoisotopic (exact) mass is 264 g/mol. The maximum atomic E-state index is 13.3. The maximum absolute atomic E-state index is 13.3. The van der Waals surface area contributed by atoms with Crippen LogP contribution in [-0.2, 0) is 0 Å². The number of nitrogens with zero attached hydrogens (tertiary/aromatic N) is 2. The van der Waals surface area contributed by atoms with Crippen LogP contribution in [0.2, 0.25) is 5.15 Å². The molecule has 2 rings (SSSR count). The van der Waals surface area contributed by atoms with Crippen LogP contribution in [0.4, 0.5) is 10.2 Å². The third-order valence-corrected chi connectivity index (χ3v) is 2.92. The van der Waals surface area contributed by atoms with Crippen molar-refractivity contribution in [3.8, 4) is 11.1 Å². The Hall–Kier alpha value is -1.61. The third kappa shape index (κ3) is 2.62. The number of halogens is 2. The molecule has 18 heavy (non-hydrogen) atoms. The lowest BCUT2D eigenvalue weighted by atomic mass is 10.0. The number of anilines is 1. The number of benzene rings is 1. The molecule has 0 amide bonds. The first-order chi connectivity index (χ1) is 8.47. The van der Waals surface area contributed by atoms with E-state index in [0.29, 0.717) is 10.7 Å². The van der Waals surface area contributed by atoms with Gasteiger partial charge < -0.3 is 4.90 Å². The Bertz CT molecular complexity index is 582. The highest BCUT2D eigenvalue weighted by Gasteiger charge is 2.06. The molecule has 0 atom stereocenters. The van der Waals surface area contributed by atoms with E-state index in [1.165, 1.54) is 6.07 Å². The normalized spacial score (nSPS) is 10.5. The zero-order valence-electron chi connectivity index (χ0n) is 10.5. The summed E-state index contributed by atoms with van der Waals surface area (Å²) in [4.78, 5) is 6.10. The molecule has 2 aromatic rings. The molecule has 0 aliphatic rings. The summed E-state index contributed by atoms with van der Waals surface area (Å²) in [5, 5.41) is 0.429. The van der Waals surface area contributed by atoms with Gasteiger partial charge in [0.05, 0.1) is 0 Å². The summed E-state index contributed by atoms with van der Waals surface area (Å²) in [6.45, 7) is 1.74. The number of hydrogen-bond donors (Lipinski definition) is 0. The SMILES string of the molecule is Cc1cc(-c2cc(Cl)nc(N(C)C)c2)ccc1F. The highest BCUT2D eigenvalue weighted by atomic mass is 35.5. The Kier molecular flexibility index (Phi) is 3.53. The fourth-order valence-corrected chi connectivity index (χ4v) is 1.91. The first-order valence-electron chi connectivity index (χ1n) is 5.59. The van der Waals surface area contributed by atoms with Crippen LogP contribution in [0.1, 0.15) is 5.56 Å². The Labute approximate surface area is 111 Å². The maximum Gasteiger partial charge on any atom is 0.132 e. The van der Waals surface area contributed by atoms with Gasteiger partial charge >= 0.3 is 0 Å². The molecule has 94 valence electrons. The molecule has 1 aromatic carbocycles. The van der Waals surface area contributed by atoms with E-state index in [0.717, 1.165) is 16.9 Å². The minimum absolute atomic E-state index is 0.202. The summed E-state index contributed by atoms with van der Waals surface area (Å²) >= 11 is 6.00. The summed E-state index contributed by atoms with van der Waals surface area (Å²) in [5.74, 6) is 0.575. The van der Waals surface area contributed by atoms with Crippen molar-refractivity contribution < 1.29 is 4.39 Å². The van der Waals surface area contributed by atoms with Crippen LogP contribution in [0.25, 0.3) is 11.1 Å². The molecule has 0 spiro atoms. The summed E-state index contributed by atoms with van der Waals surface area (Å²) in [5.41, 5.74) is 2.48. The molecule has 1 heterocycles. The van der Waals surface area contributed by atoms with Gasteiger partial charge in [-0.1, -0.05) is 17.7 Å². The number of pyridine rings is 1. The highest BCUT2D eigenvalue weighted by Crippen LogP contribution is 2.27. The lowest BCUT2D eigenvalue weighted by Crippen LogP contribution is -2.10. The van der Waals surface area contributed by atoms with Crippen LogP contribution in [0, 0.1) is 12.7 Å². The van der Waals surface area contributed by atoms with E-state index < -0.39 is 0 Å². The second kappa shape index (κ2) is 4.94. The summed E-state index contributed by atoms with van der Waals surface area (Å²) in [6, 6.07) is 8.72. The molecular weight excluding hydrogens is 251 g/mol. The summed E-state index contributed by atoms with van der Waals surface area (Å²) < 4.78 is 13.3. The van der Waals surface area contributed by atoms with Crippen molar-refractivity contribution in [3.63, 3.8) is 0 Å². The van der Waals surface area contributed by atoms with E-state index in [2.05, 4.69) is 4.98 Å². The average molecular weight is 265 g/mol. The van der Waals surface area contributed by atoms with Gasteiger partial charge in [0.1, 0.15) is 16.8 Å². The lowest BCUT2D eigenvalue weighted by molar-refractivity contribution is 0.619. The Morgan fingerprint density at radius 3 is 2.44 bits per heavy atom. The smallest absolute Gasteiger partial charge is 0.132 e. The first kappa shape index (κ1) is 12.8. The lowest BCUT2D eigenvalue weighted by Gasteiger charge is -2.13. The molecule has 0 fully saturated rings. The topological polar surface area (TPSA) is 16.1 Å². The van der Waals surface area contributed by atoms with Crippen molar-refractivity contribution in [2.45, 2.75) is 6.92 Å². The molecule has 0 bridgehead atoms. The molecule has 4 heteroatoms. The third-order valence-electron chi connectivity index (χ3n) is 2.73. The van der Waals surface area contributed by atoms with Gasteiger partial charge in [-0.25, -0.2) is 9.37 Å². The van der Waals surface area contributed by atoms with Crippen LogP contribution in [-0.4, -0.2) is 19.1 Å². The zero-order valence-corrected chi connectivity index (χ0v) is 11.3. The average Bonchev–Trinajstić information content (AvgIpc) is 2.31. The Morgan fingerprint density at radius 1 is 1.11 bits per heavy atom. The van der Waals surface area contributed by atoms with Gasteiger partial charge in [0.25, 0.3) is 0 Å². The van der Waals surface area contributed by atoms with Gasteiger partial charge in [-0.15, -0.1) is 0 Å². The quantitative estimate of drug-likeness (QED) is 0.765. The van der Waals surface area contributed by atoms with Crippen LogP contribution in [0.5, 0.6) is 0 Å². The molecule has 0 saturated carbocycles. The van der Waals surface area contributed by atoms with E-state index in [1.807, 2.05) is 25.1 Å². The van der Waals surface area contributed by atoms with E-state index in [1.54, 1.807) is 25.1 Å². The predicted octanol–water partition coefficient (Wildman–Crippen LogP) is 3.92. The Morgan fingerprint density at radius 2 is 1.83 bits per heavy atom. The van der Waals surface area contributed by atoms with E-state index in [4.69, 9.17) is 11.6 Å². The zero-order chi connectivity index (χ0) is 13.3. The van der Waals surface area contributed by atoms with Gasteiger partial charge in [-0.2, -0.15) is 0 Å². The van der Waals surface area contributed by atoms with Crippen LogP contribution in [0.3, 0.4) is 0 Å². The summed E-state index contributed by atoms with van der Waals surface area (Å²) in [7, 11) is 3.80. The minimum atomic E-state index is -0.202. The second-order valence-electron chi connectivity index (χ2n) is 4.40. The number of aromatic nitrogens is 1. The number of hydrogen-bond acceptors (Lipinski definition) is 2. The highest BCUT2D eigenvalue weighted by molar-refractivity contribution is 6.29. The number of rotatable bonds is 2. The van der Waals surface area contributed by atoms with E-state index in [9.17, 15) is 4.39 Å². The molecule has 0 N–H and O–H groups in total. The molecule has 0 aliphatic carbocycles. The predicted molar refractivity (Wildman–Crippen MR) is 73.7 cm³/mol. The van der Waals surface area contributed by atoms with Crippen molar-refractivity contribution in [1.82, 2.24) is 4.98 Å². The molecule has 2 nitrogen and oxygen atoms in total. The van der Waals surface area contributed by atoms with Gasteiger partial charge in [-0.3, -0.25) is 0 Å². The molecular formula is C14H14ClFN2. The van der Waals surface area contributed by atoms with Crippen molar-refractivity contribution in [2.75, 3.05) is 19.0 Å². The largest absolute Gasteiger partial charge is 0.363 e. The van der Waals surface area contributed by atoms with Crippen LogP contribution in [0.15, 0.2) is 30.3 Å². The minimum Gasteiger partial charge on any atom is -0.363 e. The van der Waals surface area contributed by atoms with Gasteiger partial charge in [-0.05, 0) is 47.9 Å². The standard InChI is InChI=1S/C14H14ClFN2/c1-9-6-10(4-5-12(9)16)11-7-13(15)17-14(8-11)18(2)3/h4-8H,1-3H3. The first-order valence-corrected chi connectivity index (χ1v) is 5.96. The summed E-state index contributed by atoms with van der Waals surface area (Å²) in [6.07, 6.45) is 0.